The molecule has 0 rings (SSSR count). The molecule has 0 spiro atoms. The third-order valence-corrected chi connectivity index (χ3v) is 6.05. The average Bonchev–Trinajstić information content (AvgIpc) is 2.71. The van der Waals surface area contributed by atoms with Crippen LogP contribution in [-0.2, 0) is 29.2 Å². The minimum Gasteiger partial charge on any atom is -0.747 e. The fraction of sp³-hybridized carbons (Fsp3) is 0.909. The molecule has 0 heterocycles. The standard InChI is InChI=1S/C20H38O7S.C2H7N.Na.H2O/c1-5-9-11-16(7-3)14-26-19(21)13-18(28(23,24)25)20(22)27-15-17(8-4)12-10-6-2;1-3-2;;/h16-18H,5-15H2,1-4H3,(H,23,24,25);3H,1-2H3;;1H2/q;;+1;/p-1. The van der Waals surface area contributed by atoms with E-state index in [2.05, 4.69) is 19.2 Å². The summed E-state index contributed by atoms with van der Waals surface area (Å²) in [7, 11) is -1.26. The zero-order valence-electron chi connectivity index (χ0n) is 21.8. The summed E-state index contributed by atoms with van der Waals surface area (Å²) < 4.78 is 44.6. The molecule has 0 radical (unpaired) electrons. The number of hydrogen-bond acceptors (Lipinski definition) is 8. The predicted molar refractivity (Wildman–Crippen MR) is 125 cm³/mol. The zero-order valence-corrected chi connectivity index (χ0v) is 24.6. The van der Waals surface area contributed by atoms with Crippen LogP contribution in [0.2, 0.25) is 0 Å². The van der Waals surface area contributed by atoms with Crippen LogP contribution in [0.25, 0.3) is 0 Å². The molecule has 0 aliphatic rings. The summed E-state index contributed by atoms with van der Waals surface area (Å²) in [4.78, 5) is 24.1. The van der Waals surface area contributed by atoms with Gasteiger partial charge in [0.2, 0.25) is 0 Å². The summed E-state index contributed by atoms with van der Waals surface area (Å²) in [6.45, 7) is 8.26. The van der Waals surface area contributed by atoms with Crippen LogP contribution in [0.1, 0.15) is 85.5 Å². The summed E-state index contributed by atoms with van der Waals surface area (Å²) in [5, 5.41) is 0.694. The van der Waals surface area contributed by atoms with Crippen LogP contribution in [0.3, 0.4) is 0 Å². The Morgan fingerprint density at radius 2 is 1.27 bits per heavy atom. The second kappa shape index (κ2) is 24.9. The van der Waals surface area contributed by atoms with Gasteiger partial charge in [0, 0.05) is 0 Å². The van der Waals surface area contributed by atoms with Gasteiger partial charge in [0.25, 0.3) is 0 Å². The maximum atomic E-state index is 12.1. The smallest absolute Gasteiger partial charge is 0.747 e. The normalized spacial score (nSPS) is 13.2. The summed E-state index contributed by atoms with van der Waals surface area (Å²) in [6, 6.07) is 0. The molecule has 0 aromatic rings. The number of unbranched alkanes of at least 4 members (excludes halogenated alkanes) is 2. The van der Waals surface area contributed by atoms with Crippen LogP contribution in [0.4, 0.5) is 0 Å². The van der Waals surface area contributed by atoms with Crippen molar-refractivity contribution in [3.05, 3.63) is 0 Å². The second-order valence-corrected chi connectivity index (χ2v) is 9.39. The molecule has 3 N–H and O–H groups in total. The number of rotatable bonds is 16. The van der Waals surface area contributed by atoms with E-state index in [0.717, 1.165) is 51.4 Å². The van der Waals surface area contributed by atoms with Crippen molar-refractivity contribution >= 4 is 22.1 Å². The molecule has 11 heteroatoms. The fourth-order valence-electron chi connectivity index (χ4n) is 2.81. The Labute approximate surface area is 223 Å². The van der Waals surface area contributed by atoms with Gasteiger partial charge in [-0.15, -0.1) is 0 Å². The monoisotopic (exact) mass is 507 g/mol. The molecule has 0 saturated heterocycles. The van der Waals surface area contributed by atoms with Gasteiger partial charge < -0.3 is 24.8 Å². The molecular formula is C22H46NNaO8S. The largest absolute Gasteiger partial charge is 1.00 e. The Balaban J connectivity index is -0.000000793. The number of nitrogens with one attached hydrogen (secondary N) is 1. The SMILES string of the molecule is CCCCC(CC)COC(=O)CC(C(=O)OCC(CC)CCCC)S(=O)(=O)[O-].CNC.O.[Na+]. The Morgan fingerprint density at radius 1 is 0.879 bits per heavy atom. The Hall–Kier alpha value is -0.230. The van der Waals surface area contributed by atoms with Gasteiger partial charge in [-0.3, -0.25) is 9.59 Å². The van der Waals surface area contributed by atoms with E-state index in [-0.39, 0.29) is 60.1 Å². The first kappa shape index (κ1) is 40.0. The van der Waals surface area contributed by atoms with E-state index in [1.54, 1.807) is 0 Å². The van der Waals surface area contributed by atoms with Gasteiger partial charge >= 0.3 is 41.5 Å². The molecule has 0 amide bonds. The van der Waals surface area contributed by atoms with E-state index in [0.29, 0.717) is 0 Å². The number of carbonyl (C=O) groups is 2. The van der Waals surface area contributed by atoms with E-state index >= 15 is 0 Å². The Morgan fingerprint density at radius 3 is 1.61 bits per heavy atom. The average molecular weight is 508 g/mol. The molecule has 0 aromatic carbocycles. The van der Waals surface area contributed by atoms with Crippen molar-refractivity contribution in [2.45, 2.75) is 90.7 Å². The summed E-state index contributed by atoms with van der Waals surface area (Å²) in [6.07, 6.45) is 6.58. The zero-order chi connectivity index (χ0) is 24.3. The summed E-state index contributed by atoms with van der Waals surface area (Å²) in [5.41, 5.74) is 0. The predicted octanol–water partition coefficient (Wildman–Crippen LogP) is -0.176. The van der Waals surface area contributed by atoms with Crippen molar-refractivity contribution in [2.24, 2.45) is 11.8 Å². The van der Waals surface area contributed by atoms with Crippen LogP contribution in [-0.4, -0.2) is 62.9 Å². The Bertz CT molecular complexity index is 575. The molecule has 0 bridgehead atoms. The van der Waals surface area contributed by atoms with Crippen LogP contribution in [0, 0.1) is 11.8 Å². The topological polar surface area (TPSA) is 153 Å². The van der Waals surface area contributed by atoms with Crippen LogP contribution < -0.4 is 34.9 Å². The molecule has 33 heavy (non-hydrogen) atoms. The molecule has 0 fully saturated rings. The van der Waals surface area contributed by atoms with E-state index in [1.165, 1.54) is 0 Å². The van der Waals surface area contributed by atoms with Crippen LogP contribution in [0.15, 0.2) is 0 Å². The fourth-order valence-corrected chi connectivity index (χ4v) is 3.46. The van der Waals surface area contributed by atoms with Gasteiger partial charge in [-0.05, 0) is 38.8 Å². The van der Waals surface area contributed by atoms with Crippen LogP contribution >= 0.6 is 0 Å². The molecule has 9 nitrogen and oxygen atoms in total. The third-order valence-electron chi connectivity index (χ3n) is 4.99. The van der Waals surface area contributed by atoms with E-state index in [4.69, 9.17) is 9.47 Å². The summed E-state index contributed by atoms with van der Waals surface area (Å²) in [5.74, 6) is -1.74. The first-order valence-corrected chi connectivity index (χ1v) is 12.9. The quantitative estimate of drug-likeness (QED) is 0.172. The van der Waals surface area contributed by atoms with Crippen molar-refractivity contribution in [2.75, 3.05) is 27.3 Å². The van der Waals surface area contributed by atoms with Crippen molar-refractivity contribution in [1.29, 1.82) is 0 Å². The summed E-state index contributed by atoms with van der Waals surface area (Å²) >= 11 is 0. The molecule has 3 atom stereocenters. The van der Waals surface area contributed by atoms with Crippen molar-refractivity contribution in [1.82, 2.24) is 5.32 Å². The third kappa shape index (κ3) is 22.0. The van der Waals surface area contributed by atoms with Gasteiger partial charge in [0.1, 0.15) is 10.1 Å². The van der Waals surface area contributed by atoms with E-state index in [1.807, 2.05) is 27.9 Å². The van der Waals surface area contributed by atoms with Gasteiger partial charge in [-0.1, -0.05) is 66.2 Å². The molecular weight excluding hydrogens is 461 g/mol. The maximum absolute atomic E-state index is 12.1. The molecule has 0 saturated carbocycles. The first-order chi connectivity index (χ1) is 14.6. The first-order valence-electron chi connectivity index (χ1n) is 11.5. The van der Waals surface area contributed by atoms with Crippen molar-refractivity contribution < 1.29 is 67.1 Å². The van der Waals surface area contributed by atoms with E-state index in [9.17, 15) is 22.6 Å². The molecule has 0 aliphatic carbocycles. The number of hydrogen-bond donors (Lipinski definition) is 1. The molecule has 0 aliphatic heterocycles. The molecule has 194 valence electrons. The van der Waals surface area contributed by atoms with Gasteiger partial charge in [0.05, 0.1) is 19.6 Å². The minimum atomic E-state index is -5.01. The van der Waals surface area contributed by atoms with Gasteiger partial charge in [-0.2, -0.15) is 0 Å². The maximum Gasteiger partial charge on any atom is 1.00 e. The van der Waals surface area contributed by atoms with Gasteiger partial charge in [0.15, 0.2) is 5.25 Å². The Kier molecular flexibility index (Phi) is 30.1. The van der Waals surface area contributed by atoms with E-state index < -0.39 is 33.7 Å². The van der Waals surface area contributed by atoms with Crippen molar-refractivity contribution in [3.63, 3.8) is 0 Å². The minimum absolute atomic E-state index is 0. The second-order valence-electron chi connectivity index (χ2n) is 7.83. The number of ether oxygens (including phenoxy) is 2. The number of carbonyl (C=O) groups excluding carboxylic acids is 2. The number of esters is 2. The van der Waals surface area contributed by atoms with Gasteiger partial charge in [-0.25, -0.2) is 8.42 Å². The molecule has 0 aromatic heterocycles. The van der Waals surface area contributed by atoms with Crippen LogP contribution in [0.5, 0.6) is 0 Å². The molecule has 3 unspecified atom stereocenters. The van der Waals surface area contributed by atoms with Crippen molar-refractivity contribution in [3.8, 4) is 0 Å².